The predicted molar refractivity (Wildman–Crippen MR) is 129 cm³/mol. The van der Waals surface area contributed by atoms with Crippen LogP contribution in [0.4, 0.5) is 8.78 Å². The molecule has 1 atom stereocenters. The first-order valence-corrected chi connectivity index (χ1v) is 11.2. The fourth-order valence-electron chi connectivity index (χ4n) is 3.39. The highest BCUT2D eigenvalue weighted by Crippen LogP contribution is 2.36. The predicted octanol–water partition coefficient (Wildman–Crippen LogP) is 5.18. The molecule has 0 aliphatic heterocycles. The molecule has 7 nitrogen and oxygen atoms in total. The van der Waals surface area contributed by atoms with Crippen LogP contribution in [-0.2, 0) is 6.54 Å². The van der Waals surface area contributed by atoms with Crippen LogP contribution in [0.3, 0.4) is 0 Å². The van der Waals surface area contributed by atoms with Crippen molar-refractivity contribution in [1.29, 1.82) is 0 Å². The van der Waals surface area contributed by atoms with Gasteiger partial charge in [-0.1, -0.05) is 13.0 Å². The normalized spacial score (nSPS) is 13.6. The Kier molecular flexibility index (Phi) is 8.69. The molecule has 1 aliphatic rings. The second kappa shape index (κ2) is 11.5. The highest BCUT2D eigenvalue weighted by molar-refractivity contribution is 5.94. The van der Waals surface area contributed by atoms with Crippen molar-refractivity contribution in [2.24, 2.45) is 11.7 Å². The minimum absolute atomic E-state index is 0. The van der Waals surface area contributed by atoms with E-state index in [1.165, 1.54) is 6.07 Å². The summed E-state index contributed by atoms with van der Waals surface area (Å²) in [7, 11) is 1.56. The number of amides is 1. The average molecular weight is 508 g/mol. The molecule has 4 rings (SSSR count). The number of ether oxygens (including phenoxy) is 2. The topological polar surface area (TPSA) is 99.6 Å². The first-order valence-electron chi connectivity index (χ1n) is 11.2. The van der Waals surface area contributed by atoms with Crippen LogP contribution < -0.4 is 20.5 Å². The van der Waals surface area contributed by atoms with Gasteiger partial charge in [0.15, 0.2) is 23.0 Å². The Morgan fingerprint density at radius 1 is 1.23 bits per heavy atom. The average Bonchev–Trinajstić information content (AvgIpc) is 3.56. The smallest absolute Gasteiger partial charge is 0.273 e. The van der Waals surface area contributed by atoms with E-state index < -0.39 is 23.6 Å². The van der Waals surface area contributed by atoms with Crippen LogP contribution in [0, 0.1) is 17.6 Å². The number of benzene rings is 2. The van der Waals surface area contributed by atoms with Crippen molar-refractivity contribution in [2.45, 2.75) is 38.8 Å². The van der Waals surface area contributed by atoms with E-state index in [2.05, 4.69) is 10.3 Å². The second-order valence-electron chi connectivity index (χ2n) is 8.29. The van der Waals surface area contributed by atoms with Gasteiger partial charge in [0, 0.05) is 23.7 Å². The first kappa shape index (κ1) is 26.4. The van der Waals surface area contributed by atoms with Crippen molar-refractivity contribution in [1.82, 2.24) is 10.3 Å². The van der Waals surface area contributed by atoms with Gasteiger partial charge in [0.2, 0.25) is 5.89 Å². The van der Waals surface area contributed by atoms with E-state index >= 15 is 0 Å². The lowest BCUT2D eigenvalue weighted by Gasteiger charge is -2.11. The summed E-state index contributed by atoms with van der Waals surface area (Å²) in [6.45, 7) is 2.32. The van der Waals surface area contributed by atoms with Crippen LogP contribution in [0.2, 0.25) is 0 Å². The van der Waals surface area contributed by atoms with Gasteiger partial charge in [0.05, 0.1) is 19.8 Å². The number of nitrogens with two attached hydrogens (primary N) is 1. The molecule has 1 heterocycles. The zero-order valence-electron chi connectivity index (χ0n) is 19.5. The highest BCUT2D eigenvalue weighted by Gasteiger charge is 2.26. The molecule has 1 aliphatic carbocycles. The van der Waals surface area contributed by atoms with Gasteiger partial charge in [-0.2, -0.15) is 0 Å². The largest absolute Gasteiger partial charge is 0.493 e. The maximum Gasteiger partial charge on any atom is 0.273 e. The van der Waals surface area contributed by atoms with E-state index in [0.717, 1.165) is 25.0 Å². The molecule has 1 amide bonds. The zero-order valence-corrected chi connectivity index (χ0v) is 20.3. The maximum absolute atomic E-state index is 13.9. The molecular formula is C25H28ClF2N3O4. The summed E-state index contributed by atoms with van der Waals surface area (Å²) in [6, 6.07) is 7.87. The van der Waals surface area contributed by atoms with Crippen molar-refractivity contribution in [2.75, 3.05) is 13.7 Å². The summed E-state index contributed by atoms with van der Waals surface area (Å²) in [6.07, 6.45) is 2.82. The number of oxazole rings is 1. The molecule has 0 bridgehead atoms. The van der Waals surface area contributed by atoms with Crippen LogP contribution in [-0.4, -0.2) is 24.6 Å². The molecule has 0 unspecified atom stereocenters. The number of carbonyl (C=O) groups excluding carboxylic acids is 1. The third kappa shape index (κ3) is 6.29. The molecule has 0 spiro atoms. The Balaban J connectivity index is 0.00000342. The number of nitrogens with one attached hydrogen (secondary N) is 1. The van der Waals surface area contributed by atoms with E-state index in [-0.39, 0.29) is 41.9 Å². The number of carbonyl (C=O) groups is 1. The highest BCUT2D eigenvalue weighted by atomic mass is 35.5. The van der Waals surface area contributed by atoms with Gasteiger partial charge in [-0.3, -0.25) is 4.79 Å². The number of aromatic nitrogens is 1. The molecule has 188 valence electrons. The summed E-state index contributed by atoms with van der Waals surface area (Å²) in [5, 5.41) is 2.60. The van der Waals surface area contributed by atoms with Gasteiger partial charge in [-0.15, -0.1) is 12.4 Å². The third-order valence-corrected chi connectivity index (χ3v) is 5.68. The molecular weight excluding hydrogens is 480 g/mol. The van der Waals surface area contributed by atoms with Crippen LogP contribution in [0.5, 0.6) is 11.5 Å². The summed E-state index contributed by atoms with van der Waals surface area (Å²) in [5.41, 5.74) is 6.94. The van der Waals surface area contributed by atoms with Crippen molar-refractivity contribution in [3.05, 3.63) is 65.1 Å². The molecule has 1 aromatic heterocycles. The lowest BCUT2D eigenvalue weighted by atomic mass is 10.1. The van der Waals surface area contributed by atoms with Gasteiger partial charge < -0.3 is 24.9 Å². The third-order valence-electron chi connectivity index (χ3n) is 5.68. The maximum atomic E-state index is 13.9. The molecule has 0 saturated heterocycles. The molecule has 35 heavy (non-hydrogen) atoms. The molecule has 10 heteroatoms. The lowest BCUT2D eigenvalue weighted by molar-refractivity contribution is 0.0943. The van der Waals surface area contributed by atoms with Crippen LogP contribution in [0.25, 0.3) is 11.5 Å². The molecule has 1 fully saturated rings. The molecule has 3 N–H and O–H groups in total. The Morgan fingerprint density at radius 3 is 2.66 bits per heavy atom. The number of rotatable bonds is 10. The Morgan fingerprint density at radius 2 is 2.00 bits per heavy atom. The van der Waals surface area contributed by atoms with E-state index in [9.17, 15) is 13.6 Å². The minimum Gasteiger partial charge on any atom is -0.493 e. The first-order chi connectivity index (χ1) is 16.4. The quantitative estimate of drug-likeness (QED) is 0.392. The fourth-order valence-corrected chi connectivity index (χ4v) is 3.39. The SMILES string of the molecule is CC[C@H](N)c1oc(-c2ccc(OC)c(OCC3CC3)c2)nc1C(=O)NCc1ccc(F)cc1F.Cl. The molecule has 0 radical (unpaired) electrons. The zero-order chi connectivity index (χ0) is 24.2. The van der Waals surface area contributed by atoms with Gasteiger partial charge in [-0.25, -0.2) is 13.8 Å². The standard InChI is InChI=1S/C25H27F2N3O4.ClH/c1-3-19(28)23-22(24(31)29-12-16-6-8-17(26)11-18(16)27)30-25(34-23)15-7-9-20(32-2)21(10-15)33-13-14-4-5-14;/h6-11,14,19H,3-5,12-13,28H2,1-2H3,(H,29,31);1H/t19-;/m0./s1. The van der Waals surface area contributed by atoms with Crippen molar-refractivity contribution >= 4 is 18.3 Å². The van der Waals surface area contributed by atoms with Gasteiger partial charge in [0.25, 0.3) is 5.91 Å². The van der Waals surface area contributed by atoms with Crippen molar-refractivity contribution in [3.63, 3.8) is 0 Å². The summed E-state index contributed by atoms with van der Waals surface area (Å²) < 4.78 is 44.3. The minimum atomic E-state index is -0.747. The second-order valence-corrected chi connectivity index (χ2v) is 8.29. The molecule has 1 saturated carbocycles. The number of hydrogen-bond donors (Lipinski definition) is 2. The fraction of sp³-hybridized carbons (Fsp3) is 0.360. The summed E-state index contributed by atoms with van der Waals surface area (Å²) in [5.74, 6) is 0.127. The monoisotopic (exact) mass is 507 g/mol. The Bertz CT molecular complexity index is 1180. The summed E-state index contributed by atoms with van der Waals surface area (Å²) in [4.78, 5) is 17.3. The number of halogens is 3. The van der Waals surface area contributed by atoms with Gasteiger partial charge in [0.1, 0.15) is 11.6 Å². The molecule has 2 aromatic carbocycles. The Hall–Kier alpha value is -3.17. The summed E-state index contributed by atoms with van der Waals surface area (Å²) >= 11 is 0. The van der Waals surface area contributed by atoms with E-state index in [4.69, 9.17) is 19.6 Å². The van der Waals surface area contributed by atoms with Gasteiger partial charge >= 0.3 is 0 Å². The lowest BCUT2D eigenvalue weighted by Crippen LogP contribution is -2.26. The number of nitrogens with zero attached hydrogens (tertiary/aromatic N) is 1. The van der Waals surface area contributed by atoms with E-state index in [1.54, 1.807) is 25.3 Å². The van der Waals surface area contributed by atoms with Crippen LogP contribution >= 0.6 is 12.4 Å². The van der Waals surface area contributed by atoms with Crippen molar-refractivity contribution in [3.8, 4) is 23.0 Å². The van der Waals surface area contributed by atoms with Crippen LogP contribution in [0.1, 0.15) is 54.0 Å². The number of hydrogen-bond acceptors (Lipinski definition) is 6. The van der Waals surface area contributed by atoms with Crippen LogP contribution in [0.15, 0.2) is 40.8 Å². The van der Waals surface area contributed by atoms with E-state index in [1.807, 2.05) is 6.92 Å². The molecule has 3 aromatic rings. The van der Waals surface area contributed by atoms with Gasteiger partial charge in [-0.05, 0) is 49.4 Å². The Labute approximate surface area is 208 Å². The van der Waals surface area contributed by atoms with E-state index in [0.29, 0.717) is 36.0 Å². The van der Waals surface area contributed by atoms with Crippen molar-refractivity contribution < 1.29 is 27.5 Å². The number of methoxy groups -OCH3 is 1.